The van der Waals surface area contributed by atoms with Gasteiger partial charge in [-0.2, -0.15) is 0 Å². The zero-order chi connectivity index (χ0) is 15.0. The van der Waals surface area contributed by atoms with Crippen molar-refractivity contribution in [3.05, 3.63) is 45.9 Å². The van der Waals surface area contributed by atoms with E-state index in [1.165, 1.54) is 0 Å². The quantitative estimate of drug-likeness (QED) is 0.670. The number of anilines is 1. The summed E-state index contributed by atoms with van der Waals surface area (Å²) >= 11 is 3.23. The molecule has 0 radical (unpaired) electrons. The minimum atomic E-state index is -1.85. The molecule has 2 heterocycles. The summed E-state index contributed by atoms with van der Waals surface area (Å²) in [4.78, 5) is 4.25. The molecule has 0 amide bonds. The third-order valence-electron chi connectivity index (χ3n) is 3.11. The van der Waals surface area contributed by atoms with Gasteiger partial charge in [0, 0.05) is 31.7 Å². The van der Waals surface area contributed by atoms with E-state index in [1.54, 1.807) is 17.5 Å². The molecule has 1 unspecified atom stereocenters. The molecular weight excluding hydrogens is 372 g/mol. The smallest absolute Gasteiger partial charge is 0.157 e. The lowest BCUT2D eigenvalue weighted by Crippen LogP contribution is -1.94. The Bertz CT molecular complexity index is 848. The van der Waals surface area contributed by atoms with E-state index in [-0.39, 0.29) is 5.75 Å². The summed E-state index contributed by atoms with van der Waals surface area (Å²) in [6.07, 6.45) is 1.75. The Kier molecular flexibility index (Phi) is 4.08. The van der Waals surface area contributed by atoms with Crippen LogP contribution >= 0.6 is 27.3 Å². The zero-order valence-corrected chi connectivity index (χ0v) is 14.0. The van der Waals surface area contributed by atoms with Crippen LogP contribution in [0.4, 0.5) is 5.82 Å². The second kappa shape index (κ2) is 5.84. The standard InChI is InChI=1S/C14H11BrN2O2S2/c15-11-6-20-13-10(5-17-14(16)12(11)13)9-3-1-2-8(4-9)7-21(18)19/h1-6H,7H2,(H2,16,17)(H,18,19). The van der Waals surface area contributed by atoms with Crippen LogP contribution in [0.25, 0.3) is 21.2 Å². The highest BCUT2D eigenvalue weighted by molar-refractivity contribution is 9.10. The molecular formula is C14H11BrN2O2S2. The maximum absolute atomic E-state index is 11.0. The molecule has 7 heteroatoms. The van der Waals surface area contributed by atoms with E-state index in [9.17, 15) is 4.21 Å². The molecule has 0 aliphatic heterocycles. The van der Waals surface area contributed by atoms with Gasteiger partial charge in [-0.3, -0.25) is 0 Å². The summed E-state index contributed by atoms with van der Waals surface area (Å²) in [6, 6.07) is 7.59. The first-order chi connectivity index (χ1) is 10.1. The molecule has 1 atom stereocenters. The summed E-state index contributed by atoms with van der Waals surface area (Å²) in [5.74, 6) is 0.613. The normalized spacial score (nSPS) is 12.7. The van der Waals surface area contributed by atoms with Gasteiger partial charge in [0.1, 0.15) is 5.82 Å². The highest BCUT2D eigenvalue weighted by atomic mass is 79.9. The first-order valence-electron chi connectivity index (χ1n) is 6.04. The lowest BCUT2D eigenvalue weighted by Gasteiger charge is -2.07. The third kappa shape index (κ3) is 2.87. The number of pyridine rings is 1. The van der Waals surface area contributed by atoms with Gasteiger partial charge in [-0.25, -0.2) is 9.19 Å². The fourth-order valence-electron chi connectivity index (χ4n) is 2.21. The van der Waals surface area contributed by atoms with Crippen molar-refractivity contribution in [2.24, 2.45) is 0 Å². The largest absolute Gasteiger partial charge is 0.383 e. The summed E-state index contributed by atoms with van der Waals surface area (Å²) in [6.45, 7) is 0. The Labute approximate surface area is 136 Å². The van der Waals surface area contributed by atoms with Gasteiger partial charge in [-0.15, -0.1) is 11.3 Å². The van der Waals surface area contributed by atoms with Crippen LogP contribution in [0.15, 0.2) is 40.3 Å². The predicted molar refractivity (Wildman–Crippen MR) is 91.6 cm³/mol. The van der Waals surface area contributed by atoms with Crippen molar-refractivity contribution in [1.29, 1.82) is 0 Å². The maximum atomic E-state index is 11.0. The van der Waals surface area contributed by atoms with Gasteiger partial charge < -0.3 is 10.3 Å². The molecule has 108 valence electrons. The molecule has 0 aliphatic rings. The maximum Gasteiger partial charge on any atom is 0.157 e. The van der Waals surface area contributed by atoms with Gasteiger partial charge >= 0.3 is 0 Å². The highest BCUT2D eigenvalue weighted by Gasteiger charge is 2.13. The van der Waals surface area contributed by atoms with Crippen LogP contribution in [0.1, 0.15) is 5.56 Å². The number of thiophene rings is 1. The Balaban J connectivity index is 2.17. The average Bonchev–Trinajstić information content (AvgIpc) is 2.82. The monoisotopic (exact) mass is 382 g/mol. The van der Waals surface area contributed by atoms with Crippen molar-refractivity contribution in [3.63, 3.8) is 0 Å². The fraction of sp³-hybridized carbons (Fsp3) is 0.0714. The van der Waals surface area contributed by atoms with E-state index in [0.717, 1.165) is 31.2 Å². The van der Waals surface area contributed by atoms with E-state index >= 15 is 0 Å². The minimum absolute atomic E-state index is 0.119. The van der Waals surface area contributed by atoms with Gasteiger partial charge in [-0.1, -0.05) is 24.3 Å². The molecule has 21 heavy (non-hydrogen) atoms. The molecule has 0 aliphatic carbocycles. The van der Waals surface area contributed by atoms with Crippen LogP contribution in [0.2, 0.25) is 0 Å². The van der Waals surface area contributed by atoms with E-state index < -0.39 is 11.1 Å². The van der Waals surface area contributed by atoms with Crippen molar-refractivity contribution in [3.8, 4) is 11.1 Å². The van der Waals surface area contributed by atoms with Crippen LogP contribution in [0.5, 0.6) is 0 Å². The van der Waals surface area contributed by atoms with Crippen LogP contribution in [-0.4, -0.2) is 13.7 Å². The molecule has 0 bridgehead atoms. The Morgan fingerprint density at radius 3 is 3.00 bits per heavy atom. The topological polar surface area (TPSA) is 76.2 Å². The summed E-state index contributed by atoms with van der Waals surface area (Å²) in [7, 11) is 0. The number of benzene rings is 1. The van der Waals surface area contributed by atoms with E-state index in [0.29, 0.717) is 5.82 Å². The zero-order valence-electron chi connectivity index (χ0n) is 10.7. The Morgan fingerprint density at radius 1 is 1.43 bits per heavy atom. The van der Waals surface area contributed by atoms with Gasteiger partial charge in [0.2, 0.25) is 0 Å². The lowest BCUT2D eigenvalue weighted by atomic mass is 10.0. The number of nitrogen functional groups attached to an aromatic ring is 1. The van der Waals surface area contributed by atoms with E-state index in [2.05, 4.69) is 20.9 Å². The van der Waals surface area contributed by atoms with Crippen LogP contribution in [-0.2, 0) is 16.8 Å². The summed E-state index contributed by atoms with van der Waals surface area (Å²) in [5.41, 5.74) is 8.69. The molecule has 3 N–H and O–H groups in total. The first kappa shape index (κ1) is 14.6. The SMILES string of the molecule is Nc1ncc(-c2cccc(CS(=O)O)c2)c2scc(Br)c12. The van der Waals surface area contributed by atoms with Crippen molar-refractivity contribution in [1.82, 2.24) is 4.98 Å². The summed E-state index contributed by atoms with van der Waals surface area (Å²) in [5, 5.41) is 2.90. The van der Waals surface area contributed by atoms with Gasteiger partial charge in [0.25, 0.3) is 0 Å². The van der Waals surface area contributed by atoms with E-state index in [4.69, 9.17) is 10.3 Å². The fourth-order valence-corrected chi connectivity index (χ4v) is 4.45. The summed E-state index contributed by atoms with van der Waals surface area (Å²) < 4.78 is 22.0. The van der Waals surface area contributed by atoms with Crippen molar-refractivity contribution < 1.29 is 8.76 Å². The van der Waals surface area contributed by atoms with Crippen molar-refractivity contribution in [2.75, 3.05) is 5.73 Å². The second-order valence-electron chi connectivity index (χ2n) is 4.51. The van der Waals surface area contributed by atoms with Crippen LogP contribution < -0.4 is 5.73 Å². The predicted octanol–water partition coefficient (Wildman–Crippen LogP) is 4.03. The van der Waals surface area contributed by atoms with Crippen molar-refractivity contribution >= 4 is 54.3 Å². The molecule has 1 aromatic carbocycles. The number of hydrogen-bond acceptors (Lipinski definition) is 4. The van der Waals surface area contributed by atoms with Crippen LogP contribution in [0, 0.1) is 0 Å². The second-order valence-corrected chi connectivity index (χ2v) is 7.18. The third-order valence-corrected chi connectivity index (χ3v) is 5.63. The molecule has 3 aromatic rings. The molecule has 0 saturated carbocycles. The molecule has 3 rings (SSSR count). The number of nitrogens with zero attached hydrogens (tertiary/aromatic N) is 1. The lowest BCUT2D eigenvalue weighted by molar-refractivity contribution is 0.563. The number of aromatic nitrogens is 1. The van der Waals surface area contributed by atoms with Crippen LogP contribution in [0.3, 0.4) is 0 Å². The molecule has 0 saturated heterocycles. The number of hydrogen-bond donors (Lipinski definition) is 2. The van der Waals surface area contributed by atoms with Gasteiger partial charge in [0.15, 0.2) is 11.1 Å². The molecule has 4 nitrogen and oxygen atoms in total. The Hall–Kier alpha value is -1.28. The van der Waals surface area contributed by atoms with Gasteiger partial charge in [0.05, 0.1) is 5.75 Å². The minimum Gasteiger partial charge on any atom is -0.383 e. The number of halogens is 1. The molecule has 0 spiro atoms. The molecule has 2 aromatic heterocycles. The van der Waals surface area contributed by atoms with Crippen molar-refractivity contribution in [2.45, 2.75) is 5.75 Å². The highest BCUT2D eigenvalue weighted by Crippen LogP contribution is 2.39. The Morgan fingerprint density at radius 2 is 2.24 bits per heavy atom. The average molecular weight is 383 g/mol. The number of nitrogens with two attached hydrogens (primary N) is 1. The number of rotatable bonds is 3. The molecule has 0 fully saturated rings. The van der Waals surface area contributed by atoms with Gasteiger partial charge in [-0.05, 0) is 27.1 Å². The first-order valence-corrected chi connectivity index (χ1v) is 8.99. The van der Waals surface area contributed by atoms with E-state index in [1.807, 2.05) is 29.6 Å². The number of fused-ring (bicyclic) bond motifs is 1.